The maximum Gasteiger partial charge on any atom is 0.238 e. The van der Waals surface area contributed by atoms with E-state index in [1.165, 1.54) is 0 Å². The third kappa shape index (κ3) is 3.96. The molecule has 18 heavy (non-hydrogen) atoms. The number of rotatable bonds is 4. The SMILES string of the molecule is CC1CN([13CH3])C(C(=O)[15NH]C[13CH2][13C](=O)[15NH][13CH3])C[15N]1C. The molecule has 2 amide bonds. The monoisotopic (exact) mass is 263 g/mol. The Kier molecular flexibility index (Phi) is 5.55. The molecule has 1 saturated heterocycles. The van der Waals surface area contributed by atoms with Gasteiger partial charge < -0.3 is 15.5 Å². The lowest BCUT2D eigenvalue weighted by Gasteiger charge is -2.41. The van der Waals surface area contributed by atoms with Crippen LogP contribution in [0.3, 0.4) is 0 Å². The van der Waals surface area contributed by atoms with E-state index >= 15 is 0 Å². The van der Waals surface area contributed by atoms with Gasteiger partial charge in [0.1, 0.15) is 6.04 Å². The molecule has 6 nitrogen and oxygen atoms in total. The maximum absolute atomic E-state index is 12.0. The molecule has 1 aliphatic rings. The van der Waals surface area contributed by atoms with Gasteiger partial charge in [-0.25, -0.2) is 0 Å². The lowest BCUT2D eigenvalue weighted by molar-refractivity contribution is -0.128. The largest absolute Gasteiger partial charge is 0.359 e. The number of hydrogen-bond acceptors (Lipinski definition) is 4. The van der Waals surface area contributed by atoms with Crippen molar-refractivity contribution in [2.75, 3.05) is 40.8 Å². The Morgan fingerprint density at radius 2 is 1.89 bits per heavy atom. The van der Waals surface area contributed by atoms with E-state index in [4.69, 9.17) is 0 Å². The predicted molar refractivity (Wildman–Crippen MR) is 70.2 cm³/mol. The zero-order valence-corrected chi connectivity index (χ0v) is 11.7. The third-order valence-corrected chi connectivity index (χ3v) is 3.53. The Bertz CT molecular complexity index is 308. The van der Waals surface area contributed by atoms with Gasteiger partial charge in [-0.3, -0.25) is 14.5 Å². The van der Waals surface area contributed by atoms with Crippen molar-refractivity contribution in [3.8, 4) is 0 Å². The summed E-state index contributed by atoms with van der Waals surface area (Å²) < 4.78 is 0. The van der Waals surface area contributed by atoms with Crippen LogP contribution in [-0.4, -0.2) is 74.5 Å². The molecule has 0 aromatic heterocycles. The summed E-state index contributed by atoms with van der Waals surface area (Å²) in [4.78, 5) is 27.3. The highest BCUT2D eigenvalue weighted by Gasteiger charge is 2.31. The Morgan fingerprint density at radius 3 is 2.50 bits per heavy atom. The van der Waals surface area contributed by atoms with Crippen LogP contribution in [0, 0.1) is 0 Å². The van der Waals surface area contributed by atoms with Crippen LogP contribution in [-0.2, 0) is 9.59 Å². The second-order valence-corrected chi connectivity index (χ2v) is 4.96. The van der Waals surface area contributed by atoms with E-state index in [1.54, 1.807) is 7.05 Å². The van der Waals surface area contributed by atoms with Crippen molar-refractivity contribution in [2.45, 2.75) is 25.4 Å². The van der Waals surface area contributed by atoms with Crippen LogP contribution in [0.1, 0.15) is 13.3 Å². The number of carbonyl (C=O) groups is 2. The van der Waals surface area contributed by atoms with Gasteiger partial charge in [0.25, 0.3) is 0 Å². The molecule has 2 N–H and O–H groups in total. The fraction of sp³-hybridized carbons (Fsp3) is 0.833. The molecule has 2 atom stereocenters. The number of nitrogens with one attached hydrogen (secondary N) is 2. The topological polar surface area (TPSA) is 64.7 Å². The maximum atomic E-state index is 12.0. The first kappa shape index (κ1) is 14.9. The Morgan fingerprint density at radius 1 is 1.22 bits per heavy atom. The van der Waals surface area contributed by atoms with Gasteiger partial charge in [-0.2, -0.15) is 0 Å². The highest BCUT2D eigenvalue weighted by atomic mass is 16.3. The first-order valence-electron chi connectivity index (χ1n) is 6.34. The van der Waals surface area contributed by atoms with Crippen molar-refractivity contribution in [3.05, 3.63) is 0 Å². The smallest absolute Gasteiger partial charge is 0.238 e. The molecule has 0 radical (unpaired) electrons. The summed E-state index contributed by atoms with van der Waals surface area (Å²) >= 11 is 0. The first-order valence-corrected chi connectivity index (χ1v) is 6.34. The van der Waals surface area contributed by atoms with Crippen molar-refractivity contribution in [3.63, 3.8) is 0 Å². The molecule has 0 aromatic rings. The second kappa shape index (κ2) is 6.70. The second-order valence-electron chi connectivity index (χ2n) is 4.96. The number of piperazine rings is 1. The van der Waals surface area contributed by atoms with Crippen molar-refractivity contribution in [2.24, 2.45) is 0 Å². The minimum absolute atomic E-state index is 0.000142. The van der Waals surface area contributed by atoms with Crippen LogP contribution in [0.2, 0.25) is 0 Å². The predicted octanol–water partition coefficient (Wildman–Crippen LogP) is -1.13. The quantitative estimate of drug-likeness (QED) is 0.498. The van der Waals surface area contributed by atoms with E-state index in [0.717, 1.165) is 13.1 Å². The Labute approximate surface area is 109 Å². The molecule has 0 aliphatic carbocycles. The molecule has 0 spiro atoms. The molecule has 0 aromatic carbocycles. The number of nitrogens with zero attached hydrogens (tertiary/aromatic N) is 2. The number of likely N-dealkylation sites (N-methyl/N-ethyl adjacent to an activating group) is 2. The molecule has 6 heteroatoms. The Hall–Kier alpha value is -1.14. The fourth-order valence-electron chi connectivity index (χ4n) is 2.10. The minimum atomic E-state index is -0.129. The van der Waals surface area contributed by atoms with Crippen LogP contribution >= 0.6 is 0 Å². The Balaban J connectivity index is 2.39. The van der Waals surface area contributed by atoms with Crippen molar-refractivity contribution in [1.82, 2.24) is 20.4 Å². The molecule has 0 bridgehead atoms. The van der Waals surface area contributed by atoms with Gasteiger partial charge in [0, 0.05) is 39.1 Å². The van der Waals surface area contributed by atoms with Crippen LogP contribution < -0.4 is 10.6 Å². The average molecular weight is 263 g/mol. The fourth-order valence-corrected chi connectivity index (χ4v) is 2.10. The summed E-state index contributed by atoms with van der Waals surface area (Å²) in [5.74, 6) is -0.0572. The van der Waals surface area contributed by atoms with Crippen LogP contribution in [0.25, 0.3) is 0 Å². The number of amides is 2. The molecule has 1 aliphatic heterocycles. The highest BCUT2D eigenvalue weighted by Crippen LogP contribution is 2.11. The van der Waals surface area contributed by atoms with E-state index in [9.17, 15) is 9.59 Å². The molecular formula is C12H24N4O2. The van der Waals surface area contributed by atoms with Crippen LogP contribution in [0.5, 0.6) is 0 Å². The summed E-state index contributed by atoms with van der Waals surface area (Å²) in [6, 6.07) is 0.334. The van der Waals surface area contributed by atoms with Gasteiger partial charge in [-0.15, -0.1) is 0 Å². The summed E-state index contributed by atoms with van der Waals surface area (Å²) in [6.07, 6.45) is 0.324. The summed E-state index contributed by atoms with van der Waals surface area (Å²) in [5.41, 5.74) is 0. The third-order valence-electron chi connectivity index (χ3n) is 3.53. The molecule has 1 fully saturated rings. The first-order chi connectivity index (χ1) is 8.45. The molecular weight excluding hydrogens is 239 g/mol. The lowest BCUT2D eigenvalue weighted by Crippen LogP contribution is -2.59. The van der Waals surface area contributed by atoms with Gasteiger partial charge in [-0.1, -0.05) is 0 Å². The summed E-state index contributed by atoms with van der Waals surface area (Å²) in [6.45, 7) is 4.14. The van der Waals surface area contributed by atoms with Crippen molar-refractivity contribution in [1.29, 1.82) is 0 Å². The van der Waals surface area contributed by atoms with Crippen LogP contribution in [0.15, 0.2) is 0 Å². The average Bonchev–Trinajstić information content (AvgIpc) is 2.33. The van der Waals surface area contributed by atoms with E-state index in [0.29, 0.717) is 19.0 Å². The molecule has 1 heterocycles. The summed E-state index contributed by atoms with van der Waals surface area (Å²) in [5, 5.41) is 5.35. The normalized spacial score (nSPS) is 25.8. The number of hydrogen-bond donors (Lipinski definition) is 2. The van der Waals surface area contributed by atoms with Gasteiger partial charge in [0.15, 0.2) is 0 Å². The van der Waals surface area contributed by atoms with Crippen molar-refractivity contribution >= 4 is 11.8 Å². The minimum Gasteiger partial charge on any atom is -0.359 e. The van der Waals surface area contributed by atoms with E-state index in [1.807, 2.05) is 14.1 Å². The van der Waals surface area contributed by atoms with Gasteiger partial charge in [0.2, 0.25) is 11.8 Å². The summed E-state index contributed by atoms with van der Waals surface area (Å²) in [7, 11) is 5.59. The highest BCUT2D eigenvalue weighted by molar-refractivity contribution is 5.83. The van der Waals surface area contributed by atoms with E-state index in [-0.39, 0.29) is 17.9 Å². The van der Waals surface area contributed by atoms with Gasteiger partial charge in [-0.05, 0) is 21.0 Å². The van der Waals surface area contributed by atoms with Gasteiger partial charge >= 0.3 is 0 Å². The molecule has 104 valence electrons. The zero-order chi connectivity index (χ0) is 13.7. The van der Waals surface area contributed by atoms with Crippen LogP contribution in [0.4, 0.5) is 0 Å². The lowest BCUT2D eigenvalue weighted by atomic mass is 10.2. The van der Waals surface area contributed by atoms with Gasteiger partial charge in [0.05, 0.1) is 0 Å². The van der Waals surface area contributed by atoms with E-state index in [2.05, 4.69) is 27.4 Å². The molecule has 2 unspecified atom stereocenters. The van der Waals surface area contributed by atoms with E-state index < -0.39 is 0 Å². The zero-order valence-electron chi connectivity index (χ0n) is 11.7. The van der Waals surface area contributed by atoms with Crippen molar-refractivity contribution < 1.29 is 9.59 Å². The number of carbonyl (C=O) groups excluding carboxylic acids is 2. The molecule has 1 rings (SSSR count). The standard InChI is InChI=1S/C12H24N4O2/c1-9-7-16(4)10(8-15(9)3)12(18)14-6-5-11(17)13-2/h9-10H,5-8H2,1-4H3,(H,13,17)(H,14,18)/i2+1,4+1,5+1,11+1,13+1,14+1,15+1. The molecule has 0 saturated carbocycles.